The standard InChI is InChI=1S/C21H24N2O3/c1-3-20(24)23-17-11-7-5-9-15(17)13-18(23)21(25)22-14-16-10-6-8-12-19(16)26-4-2/h5-12,18H,3-4,13-14H2,1-2H3,(H,22,25). The fourth-order valence-electron chi connectivity index (χ4n) is 3.32. The van der Waals surface area contributed by atoms with E-state index in [9.17, 15) is 9.59 Å². The van der Waals surface area contributed by atoms with Crippen molar-refractivity contribution in [3.63, 3.8) is 0 Å². The van der Waals surface area contributed by atoms with Gasteiger partial charge in [0.05, 0.1) is 6.61 Å². The minimum Gasteiger partial charge on any atom is -0.494 e. The monoisotopic (exact) mass is 352 g/mol. The molecule has 0 fully saturated rings. The van der Waals surface area contributed by atoms with Gasteiger partial charge in [0.1, 0.15) is 11.8 Å². The van der Waals surface area contributed by atoms with Crippen molar-refractivity contribution in [2.75, 3.05) is 11.5 Å². The summed E-state index contributed by atoms with van der Waals surface area (Å²) in [6.07, 6.45) is 0.909. The maximum absolute atomic E-state index is 12.8. The highest BCUT2D eigenvalue weighted by Crippen LogP contribution is 2.32. The second-order valence-corrected chi connectivity index (χ2v) is 6.22. The van der Waals surface area contributed by atoms with Crippen LogP contribution >= 0.6 is 0 Å². The molecule has 0 aromatic heterocycles. The maximum Gasteiger partial charge on any atom is 0.243 e. The van der Waals surface area contributed by atoms with Crippen molar-refractivity contribution in [2.24, 2.45) is 0 Å². The molecule has 5 heteroatoms. The topological polar surface area (TPSA) is 58.6 Å². The predicted octanol–water partition coefficient (Wildman–Crippen LogP) is 3.07. The predicted molar refractivity (Wildman–Crippen MR) is 101 cm³/mol. The molecule has 0 radical (unpaired) electrons. The van der Waals surface area contributed by atoms with Gasteiger partial charge in [0.2, 0.25) is 11.8 Å². The number of carbonyl (C=O) groups excluding carboxylic acids is 2. The summed E-state index contributed by atoms with van der Waals surface area (Å²) in [5.74, 6) is 0.589. The largest absolute Gasteiger partial charge is 0.494 e. The lowest BCUT2D eigenvalue weighted by Crippen LogP contribution is -2.47. The van der Waals surface area contributed by atoms with Gasteiger partial charge in [0, 0.05) is 30.6 Å². The van der Waals surface area contributed by atoms with E-state index in [0.717, 1.165) is 22.6 Å². The number of benzene rings is 2. The highest BCUT2D eigenvalue weighted by Gasteiger charge is 2.37. The van der Waals surface area contributed by atoms with Crippen molar-refractivity contribution >= 4 is 17.5 Å². The number of carbonyl (C=O) groups is 2. The fourth-order valence-corrected chi connectivity index (χ4v) is 3.32. The van der Waals surface area contributed by atoms with E-state index in [-0.39, 0.29) is 11.8 Å². The summed E-state index contributed by atoms with van der Waals surface area (Å²) in [6, 6.07) is 14.9. The van der Waals surface area contributed by atoms with Gasteiger partial charge in [-0.05, 0) is 24.6 Å². The third kappa shape index (κ3) is 3.57. The Balaban J connectivity index is 1.75. The minimum atomic E-state index is -0.501. The molecule has 26 heavy (non-hydrogen) atoms. The van der Waals surface area contributed by atoms with Crippen molar-refractivity contribution in [1.29, 1.82) is 0 Å². The minimum absolute atomic E-state index is 0.0372. The summed E-state index contributed by atoms with van der Waals surface area (Å²) in [5, 5.41) is 2.97. The molecule has 1 atom stereocenters. The number of rotatable bonds is 6. The fraction of sp³-hybridized carbons (Fsp3) is 0.333. The molecule has 0 aliphatic carbocycles. The number of hydrogen-bond donors (Lipinski definition) is 1. The molecule has 136 valence electrons. The molecule has 0 bridgehead atoms. The van der Waals surface area contributed by atoms with Gasteiger partial charge in [-0.25, -0.2) is 0 Å². The SMILES string of the molecule is CCOc1ccccc1CNC(=O)C1Cc2ccccc2N1C(=O)CC. The first-order chi connectivity index (χ1) is 12.7. The Bertz CT molecular complexity index is 803. The smallest absolute Gasteiger partial charge is 0.243 e. The molecule has 1 heterocycles. The number of fused-ring (bicyclic) bond motifs is 1. The Labute approximate surface area is 154 Å². The third-order valence-corrected chi connectivity index (χ3v) is 4.58. The van der Waals surface area contributed by atoms with Gasteiger partial charge < -0.3 is 10.1 Å². The number of hydrogen-bond acceptors (Lipinski definition) is 3. The van der Waals surface area contributed by atoms with Gasteiger partial charge in [-0.15, -0.1) is 0 Å². The number of anilines is 1. The van der Waals surface area contributed by atoms with Gasteiger partial charge in [0.15, 0.2) is 0 Å². The van der Waals surface area contributed by atoms with Crippen LogP contribution in [0.4, 0.5) is 5.69 Å². The van der Waals surface area contributed by atoms with Gasteiger partial charge in [0.25, 0.3) is 0 Å². The van der Waals surface area contributed by atoms with E-state index in [1.807, 2.05) is 62.4 Å². The molecule has 2 amide bonds. The van der Waals surface area contributed by atoms with E-state index in [4.69, 9.17) is 4.74 Å². The highest BCUT2D eigenvalue weighted by molar-refractivity contribution is 6.03. The molecule has 0 saturated carbocycles. The van der Waals surface area contributed by atoms with E-state index in [1.54, 1.807) is 4.90 Å². The van der Waals surface area contributed by atoms with Crippen LogP contribution in [0.3, 0.4) is 0 Å². The maximum atomic E-state index is 12.8. The number of amides is 2. The second-order valence-electron chi connectivity index (χ2n) is 6.22. The van der Waals surface area contributed by atoms with Crippen molar-refractivity contribution in [1.82, 2.24) is 5.32 Å². The summed E-state index contributed by atoms with van der Waals surface area (Å²) in [7, 11) is 0. The lowest BCUT2D eigenvalue weighted by atomic mass is 10.1. The van der Waals surface area contributed by atoms with E-state index >= 15 is 0 Å². The van der Waals surface area contributed by atoms with E-state index in [0.29, 0.717) is 26.0 Å². The van der Waals surface area contributed by atoms with Crippen LogP contribution in [-0.4, -0.2) is 24.5 Å². The first-order valence-electron chi connectivity index (χ1n) is 9.04. The zero-order valence-electron chi connectivity index (χ0n) is 15.2. The molecule has 1 aliphatic rings. The Hall–Kier alpha value is -2.82. The molecule has 2 aromatic carbocycles. The first kappa shape index (κ1) is 18.0. The molecule has 3 rings (SSSR count). The van der Waals surface area contributed by atoms with Crippen molar-refractivity contribution in [2.45, 2.75) is 39.3 Å². The van der Waals surface area contributed by atoms with Crippen LogP contribution in [0, 0.1) is 0 Å². The Morgan fingerprint density at radius 1 is 1.12 bits per heavy atom. The lowest BCUT2D eigenvalue weighted by molar-refractivity contribution is -0.126. The molecule has 1 N–H and O–H groups in total. The van der Waals surface area contributed by atoms with Crippen molar-refractivity contribution in [3.05, 3.63) is 59.7 Å². The van der Waals surface area contributed by atoms with Crippen LogP contribution in [0.2, 0.25) is 0 Å². The van der Waals surface area contributed by atoms with Gasteiger partial charge in [-0.1, -0.05) is 43.3 Å². The number of ether oxygens (including phenoxy) is 1. The zero-order chi connectivity index (χ0) is 18.5. The number of para-hydroxylation sites is 2. The van der Waals surface area contributed by atoms with Gasteiger partial charge in [-0.2, -0.15) is 0 Å². The van der Waals surface area contributed by atoms with E-state index in [1.165, 1.54) is 0 Å². The highest BCUT2D eigenvalue weighted by atomic mass is 16.5. The molecular formula is C21H24N2O3. The molecule has 1 aliphatic heterocycles. The van der Waals surface area contributed by atoms with E-state index in [2.05, 4.69) is 5.32 Å². The average Bonchev–Trinajstić information content (AvgIpc) is 3.06. The molecule has 5 nitrogen and oxygen atoms in total. The summed E-state index contributed by atoms with van der Waals surface area (Å²) in [6.45, 7) is 4.69. The zero-order valence-corrected chi connectivity index (χ0v) is 15.2. The first-order valence-corrected chi connectivity index (χ1v) is 9.04. The number of nitrogens with one attached hydrogen (secondary N) is 1. The van der Waals surface area contributed by atoms with E-state index < -0.39 is 6.04 Å². The van der Waals surface area contributed by atoms with Crippen molar-refractivity contribution < 1.29 is 14.3 Å². The summed E-state index contributed by atoms with van der Waals surface area (Å²) < 4.78 is 5.61. The molecule has 1 unspecified atom stereocenters. The summed E-state index contributed by atoms with van der Waals surface area (Å²) in [5.41, 5.74) is 2.80. The van der Waals surface area contributed by atoms with Gasteiger partial charge >= 0.3 is 0 Å². The summed E-state index contributed by atoms with van der Waals surface area (Å²) in [4.78, 5) is 26.9. The molecule has 0 spiro atoms. The Morgan fingerprint density at radius 2 is 1.85 bits per heavy atom. The van der Waals surface area contributed by atoms with Crippen LogP contribution in [0.15, 0.2) is 48.5 Å². The average molecular weight is 352 g/mol. The van der Waals surface area contributed by atoms with Crippen LogP contribution in [0.1, 0.15) is 31.4 Å². The van der Waals surface area contributed by atoms with Gasteiger partial charge in [-0.3, -0.25) is 14.5 Å². The van der Waals surface area contributed by atoms with Crippen LogP contribution in [0.25, 0.3) is 0 Å². The van der Waals surface area contributed by atoms with Crippen LogP contribution in [-0.2, 0) is 22.6 Å². The van der Waals surface area contributed by atoms with Crippen molar-refractivity contribution in [3.8, 4) is 5.75 Å². The Morgan fingerprint density at radius 3 is 2.62 bits per heavy atom. The Kier molecular flexibility index (Phi) is 5.56. The van der Waals surface area contributed by atoms with Crippen LogP contribution in [0.5, 0.6) is 5.75 Å². The van der Waals surface area contributed by atoms with Crippen LogP contribution < -0.4 is 15.0 Å². The summed E-state index contributed by atoms with van der Waals surface area (Å²) >= 11 is 0. The molecule has 2 aromatic rings. The quantitative estimate of drug-likeness (QED) is 0.869. The number of nitrogens with zero attached hydrogens (tertiary/aromatic N) is 1. The normalized spacial score (nSPS) is 15.5. The third-order valence-electron chi connectivity index (χ3n) is 4.58. The second kappa shape index (κ2) is 8.04. The molecular weight excluding hydrogens is 328 g/mol. The molecule has 0 saturated heterocycles. The lowest BCUT2D eigenvalue weighted by Gasteiger charge is -2.24.